The van der Waals surface area contributed by atoms with Gasteiger partial charge in [0.05, 0.1) is 32.1 Å². The first-order valence-corrected chi connectivity index (χ1v) is 12.1. The summed E-state index contributed by atoms with van der Waals surface area (Å²) < 4.78 is 23.2. The van der Waals surface area contributed by atoms with Crippen molar-refractivity contribution in [1.29, 1.82) is 0 Å². The summed E-state index contributed by atoms with van der Waals surface area (Å²) in [6, 6.07) is 7.78. The number of hydrogen-bond acceptors (Lipinski definition) is 6. The Hall–Kier alpha value is -1.10. The van der Waals surface area contributed by atoms with Crippen molar-refractivity contribution in [3.8, 4) is 11.5 Å². The molecule has 31 heavy (non-hydrogen) atoms. The van der Waals surface area contributed by atoms with Crippen LogP contribution in [0.5, 0.6) is 11.5 Å². The van der Waals surface area contributed by atoms with Crippen LogP contribution in [0.2, 0.25) is 0 Å². The number of esters is 2. The van der Waals surface area contributed by atoms with E-state index in [1.165, 1.54) is 14.2 Å². The van der Waals surface area contributed by atoms with Gasteiger partial charge in [-0.3, -0.25) is 0 Å². The second kappa shape index (κ2) is 11.2. The van der Waals surface area contributed by atoms with E-state index in [1.54, 1.807) is 0 Å². The molecule has 2 aromatic rings. The lowest BCUT2D eigenvalue weighted by atomic mass is 9.78. The molecule has 2 aromatic carbocycles. The number of benzene rings is 2. The second-order valence-corrected chi connectivity index (χ2v) is 10.3. The van der Waals surface area contributed by atoms with Gasteiger partial charge in [0.15, 0.2) is 13.2 Å². The molecule has 2 rings (SSSR count). The number of carbonyl (C=O) groups excluding carboxylic acids is 2. The number of carbonyl (C=O) groups is 2. The fourth-order valence-corrected chi connectivity index (χ4v) is 5.49. The van der Waals surface area contributed by atoms with Crippen LogP contribution < -0.4 is 9.47 Å². The van der Waals surface area contributed by atoms with Crippen LogP contribution in [0.4, 0.5) is 0 Å². The molecule has 0 unspecified atom stereocenters. The molecular weight excluding hydrogens is 668 g/mol. The third-order valence-electron chi connectivity index (χ3n) is 4.56. The van der Waals surface area contributed by atoms with Crippen LogP contribution >= 0.6 is 63.7 Å². The van der Waals surface area contributed by atoms with Gasteiger partial charge in [-0.05, 0) is 99.1 Å². The molecule has 0 aliphatic carbocycles. The van der Waals surface area contributed by atoms with E-state index >= 15 is 0 Å². The number of ether oxygens (including phenoxy) is 4. The number of methoxy groups -OCH3 is 2. The summed E-state index contributed by atoms with van der Waals surface area (Å²) in [5, 5.41) is 0. The van der Waals surface area contributed by atoms with Crippen LogP contribution in [0.3, 0.4) is 0 Å². The van der Waals surface area contributed by atoms with E-state index in [-0.39, 0.29) is 13.2 Å². The maximum atomic E-state index is 11.4. The molecule has 0 spiro atoms. The molecule has 10 heteroatoms. The molecule has 0 aliphatic rings. The van der Waals surface area contributed by atoms with Crippen LogP contribution in [0.1, 0.15) is 25.0 Å². The van der Waals surface area contributed by atoms with Gasteiger partial charge in [0, 0.05) is 5.41 Å². The Morgan fingerprint density at radius 1 is 0.710 bits per heavy atom. The van der Waals surface area contributed by atoms with E-state index in [4.69, 9.17) is 9.47 Å². The Bertz CT molecular complexity index is 866. The Labute approximate surface area is 214 Å². The highest BCUT2D eigenvalue weighted by molar-refractivity contribution is 9.11. The number of halogens is 4. The van der Waals surface area contributed by atoms with Crippen molar-refractivity contribution in [2.45, 2.75) is 19.3 Å². The van der Waals surface area contributed by atoms with Crippen molar-refractivity contribution >= 4 is 75.7 Å². The van der Waals surface area contributed by atoms with Crippen molar-refractivity contribution < 1.29 is 28.5 Å². The molecule has 0 radical (unpaired) electrons. The quantitative estimate of drug-likeness (QED) is 0.310. The van der Waals surface area contributed by atoms with Gasteiger partial charge in [-0.1, -0.05) is 13.8 Å². The van der Waals surface area contributed by atoms with Crippen molar-refractivity contribution in [2.24, 2.45) is 0 Å². The fourth-order valence-electron chi connectivity index (χ4n) is 2.66. The summed E-state index contributed by atoms with van der Waals surface area (Å²) in [6.07, 6.45) is 0. The average Bonchev–Trinajstić information content (AvgIpc) is 2.71. The van der Waals surface area contributed by atoms with Crippen molar-refractivity contribution in [1.82, 2.24) is 0 Å². The number of rotatable bonds is 8. The van der Waals surface area contributed by atoms with E-state index in [1.807, 2.05) is 24.3 Å². The smallest absolute Gasteiger partial charge is 0.343 e. The van der Waals surface area contributed by atoms with Crippen LogP contribution in [0, 0.1) is 0 Å². The topological polar surface area (TPSA) is 71.1 Å². The van der Waals surface area contributed by atoms with E-state index in [0.717, 1.165) is 11.1 Å². The molecule has 168 valence electrons. The fraction of sp³-hybridized carbons (Fsp3) is 0.333. The average molecular weight is 688 g/mol. The summed E-state index contributed by atoms with van der Waals surface area (Å²) in [5.41, 5.74) is 1.59. The molecule has 6 nitrogen and oxygen atoms in total. The first kappa shape index (κ1) is 26.2. The minimum atomic E-state index is -0.465. The van der Waals surface area contributed by atoms with Crippen LogP contribution in [-0.2, 0) is 24.5 Å². The highest BCUT2D eigenvalue weighted by Crippen LogP contribution is 2.44. The normalized spacial score (nSPS) is 11.1. The maximum absolute atomic E-state index is 11.4. The number of hydrogen-bond donors (Lipinski definition) is 0. The van der Waals surface area contributed by atoms with Gasteiger partial charge in [-0.25, -0.2) is 9.59 Å². The lowest BCUT2D eigenvalue weighted by molar-refractivity contribution is -0.143. The van der Waals surface area contributed by atoms with Crippen LogP contribution in [-0.4, -0.2) is 39.4 Å². The minimum absolute atomic E-state index is 0.191. The lowest BCUT2D eigenvalue weighted by Gasteiger charge is -2.28. The zero-order valence-corrected chi connectivity index (χ0v) is 23.5. The molecule has 0 aromatic heterocycles. The first-order valence-electron chi connectivity index (χ1n) is 8.89. The molecular formula is C21H20Br4O6. The predicted octanol–water partition coefficient (Wildman–Crippen LogP) is 6.17. The second-order valence-electron chi connectivity index (χ2n) is 6.89. The standard InChI is InChI=1S/C21H20Br4O6/c1-21(2,11-5-13(22)19(14(23)6-11)30-9-17(26)28-3)12-7-15(24)20(16(25)8-12)31-10-18(27)29-4/h5-8H,9-10H2,1-4H3. The zero-order valence-electron chi connectivity index (χ0n) is 17.2. The Morgan fingerprint density at radius 3 is 1.26 bits per heavy atom. The van der Waals surface area contributed by atoms with E-state index in [2.05, 4.69) is 87.0 Å². The molecule has 0 N–H and O–H groups in total. The van der Waals surface area contributed by atoms with Gasteiger partial charge < -0.3 is 18.9 Å². The molecule has 0 saturated carbocycles. The molecule has 0 aliphatic heterocycles. The molecule has 0 fully saturated rings. The highest BCUT2D eigenvalue weighted by atomic mass is 79.9. The summed E-state index contributed by atoms with van der Waals surface area (Å²) >= 11 is 14.1. The molecule has 0 amide bonds. The summed E-state index contributed by atoms with van der Waals surface area (Å²) in [7, 11) is 2.62. The molecule has 0 saturated heterocycles. The summed E-state index contributed by atoms with van der Waals surface area (Å²) in [4.78, 5) is 22.8. The summed E-state index contributed by atoms with van der Waals surface area (Å²) in [5.74, 6) is 0.0950. The Kier molecular flexibility index (Phi) is 9.41. The Balaban J connectivity index is 2.36. The van der Waals surface area contributed by atoms with E-state index < -0.39 is 17.4 Å². The Morgan fingerprint density at radius 2 is 1.00 bits per heavy atom. The van der Waals surface area contributed by atoms with Gasteiger partial charge in [0.1, 0.15) is 11.5 Å². The molecule has 0 bridgehead atoms. The van der Waals surface area contributed by atoms with Gasteiger partial charge >= 0.3 is 11.9 Å². The monoisotopic (exact) mass is 684 g/mol. The predicted molar refractivity (Wildman–Crippen MR) is 131 cm³/mol. The zero-order chi connectivity index (χ0) is 23.3. The third-order valence-corrected chi connectivity index (χ3v) is 6.92. The minimum Gasteiger partial charge on any atom is -0.480 e. The lowest BCUT2D eigenvalue weighted by Crippen LogP contribution is -2.20. The van der Waals surface area contributed by atoms with Crippen molar-refractivity contribution in [3.05, 3.63) is 53.3 Å². The third kappa shape index (κ3) is 6.46. The van der Waals surface area contributed by atoms with Gasteiger partial charge in [-0.2, -0.15) is 0 Å². The van der Waals surface area contributed by atoms with E-state index in [0.29, 0.717) is 29.4 Å². The van der Waals surface area contributed by atoms with Crippen LogP contribution in [0.15, 0.2) is 42.2 Å². The van der Waals surface area contributed by atoms with E-state index in [9.17, 15) is 9.59 Å². The van der Waals surface area contributed by atoms with Crippen molar-refractivity contribution in [3.63, 3.8) is 0 Å². The van der Waals surface area contributed by atoms with Gasteiger partial charge in [0.25, 0.3) is 0 Å². The molecule has 0 heterocycles. The highest BCUT2D eigenvalue weighted by Gasteiger charge is 2.27. The van der Waals surface area contributed by atoms with Gasteiger partial charge in [-0.15, -0.1) is 0 Å². The maximum Gasteiger partial charge on any atom is 0.343 e. The SMILES string of the molecule is COC(=O)COc1c(Br)cc(C(C)(C)c2cc(Br)c(OCC(=O)OC)c(Br)c2)cc1Br. The largest absolute Gasteiger partial charge is 0.480 e. The van der Waals surface area contributed by atoms with Crippen LogP contribution in [0.25, 0.3) is 0 Å². The van der Waals surface area contributed by atoms with Gasteiger partial charge in [0.2, 0.25) is 0 Å². The van der Waals surface area contributed by atoms with Crippen molar-refractivity contribution in [2.75, 3.05) is 27.4 Å². The first-order chi connectivity index (χ1) is 14.5. The summed E-state index contributed by atoms with van der Waals surface area (Å²) in [6.45, 7) is 3.78. The molecule has 0 atom stereocenters.